The molecule has 0 aliphatic rings. The first-order chi connectivity index (χ1) is 8.47. The Balaban J connectivity index is 2.37. The minimum absolute atomic E-state index is 0.0810. The summed E-state index contributed by atoms with van der Waals surface area (Å²) in [7, 11) is 0. The molecule has 0 heterocycles. The van der Waals surface area contributed by atoms with Crippen molar-refractivity contribution < 1.29 is 34.4 Å². The summed E-state index contributed by atoms with van der Waals surface area (Å²) < 4.78 is 42.0. The molecule has 2 aromatic carbocycles. The van der Waals surface area contributed by atoms with Crippen molar-refractivity contribution in [3.8, 4) is 0 Å². The average molecular weight is 475 g/mol. The second kappa shape index (κ2) is 5.77. The maximum absolute atomic E-state index is 13.7. The van der Waals surface area contributed by atoms with Crippen molar-refractivity contribution >= 4 is 22.6 Å². The van der Waals surface area contributed by atoms with Crippen molar-refractivity contribution in [2.75, 3.05) is 0 Å². The molecule has 0 saturated heterocycles. The molecule has 0 saturated carbocycles. The molecule has 0 aliphatic carbocycles. The third-order valence-electron chi connectivity index (χ3n) is 2.29. The van der Waals surface area contributed by atoms with Crippen molar-refractivity contribution in [2.45, 2.75) is 6.92 Å². The van der Waals surface area contributed by atoms with Gasteiger partial charge in [-0.15, -0.1) is 0 Å². The van der Waals surface area contributed by atoms with Gasteiger partial charge in [0.05, 0.1) is 0 Å². The van der Waals surface area contributed by atoms with Gasteiger partial charge >= 0.3 is 128 Å². The summed E-state index contributed by atoms with van der Waals surface area (Å²) in [6, 6.07) is 7.31. The molecule has 2 aromatic rings. The predicted octanol–water partition coefficient (Wildman–Crippen LogP) is 1.15. The summed E-state index contributed by atoms with van der Waals surface area (Å²) in [6.07, 6.45) is 0. The summed E-state index contributed by atoms with van der Waals surface area (Å²) in [5.74, 6) is -1.43. The number of hydrogen-bond donors (Lipinski definition) is 0. The topological polar surface area (TPSA) is 0 Å². The van der Waals surface area contributed by atoms with E-state index in [2.05, 4.69) is 0 Å². The second-order valence-electron chi connectivity index (χ2n) is 3.67. The van der Waals surface area contributed by atoms with Crippen LogP contribution in [0.5, 0.6) is 0 Å². The van der Waals surface area contributed by atoms with Gasteiger partial charge < -0.3 is 0 Å². The van der Waals surface area contributed by atoms with Gasteiger partial charge in [0.15, 0.2) is 0 Å². The van der Waals surface area contributed by atoms with Gasteiger partial charge in [-0.2, -0.15) is 0 Å². The third-order valence-corrected chi connectivity index (χ3v) is 5.77. The van der Waals surface area contributed by atoms with Crippen LogP contribution in [0.2, 0.25) is 0 Å². The van der Waals surface area contributed by atoms with E-state index in [1.807, 2.05) is 22.6 Å². The molecule has 96 valence electrons. The molecule has 2 rings (SSSR count). The number of benzene rings is 2. The molecule has 0 spiro atoms. The number of hydrogen-bond acceptors (Lipinski definition) is 0. The molecule has 0 N–H and O–H groups in total. The number of rotatable bonds is 2. The zero-order valence-corrected chi connectivity index (χ0v) is 13.6. The van der Waals surface area contributed by atoms with Crippen LogP contribution in [0.3, 0.4) is 0 Å². The Bertz CT molecular complexity index is 574. The van der Waals surface area contributed by atoms with E-state index >= 15 is 0 Å². The summed E-state index contributed by atoms with van der Waals surface area (Å²) in [5, 5.41) is 0. The van der Waals surface area contributed by atoms with Crippen molar-refractivity contribution in [2.24, 2.45) is 0 Å². The van der Waals surface area contributed by atoms with E-state index < -0.39 is 32.8 Å². The molecule has 0 bridgehead atoms. The molecule has 0 aliphatic heterocycles. The molecule has 0 amide bonds. The van der Waals surface area contributed by atoms with Crippen LogP contribution in [0.1, 0.15) is 5.56 Å². The van der Waals surface area contributed by atoms with Crippen LogP contribution >= 0.6 is 22.6 Å². The Labute approximate surface area is 127 Å². The molecule has 18 heavy (non-hydrogen) atoms. The average Bonchev–Trinajstić information content (AvgIpc) is 2.28. The van der Waals surface area contributed by atoms with E-state index in [0.717, 1.165) is 0 Å². The molecule has 0 fully saturated rings. The van der Waals surface area contributed by atoms with Crippen molar-refractivity contribution in [1.82, 2.24) is 0 Å². The molecule has 0 unspecified atom stereocenters. The van der Waals surface area contributed by atoms with Gasteiger partial charge in [-0.3, -0.25) is 0 Å². The van der Waals surface area contributed by atoms with Gasteiger partial charge in [0, 0.05) is 0 Å². The fourth-order valence-electron chi connectivity index (χ4n) is 1.35. The van der Waals surface area contributed by atoms with Crippen molar-refractivity contribution in [3.05, 3.63) is 64.1 Å². The minimum atomic E-state index is -1.05. The van der Waals surface area contributed by atoms with E-state index in [1.165, 1.54) is 18.2 Å². The van der Waals surface area contributed by atoms with E-state index in [0.29, 0.717) is 12.7 Å². The van der Waals surface area contributed by atoms with E-state index in [4.69, 9.17) is 0 Å². The molecule has 5 heteroatoms. The standard InChI is InChI=1S/C13H8F3I2/c1-7-2-3-9(6-10(7)14)18-13-11(15)4-8(17)5-12(13)16/h2-6H,1H3/q-1. The molecule has 0 aromatic heterocycles. The first-order valence-corrected chi connectivity index (χ1v) is 8.26. The van der Waals surface area contributed by atoms with Crippen LogP contribution in [0.15, 0.2) is 30.3 Å². The first kappa shape index (κ1) is 14.1. The zero-order chi connectivity index (χ0) is 13.3. The Morgan fingerprint density at radius 3 is 2.11 bits per heavy atom. The van der Waals surface area contributed by atoms with E-state index in [-0.39, 0.29) is 9.39 Å². The molecular weight excluding hydrogens is 467 g/mol. The summed E-state index contributed by atoms with van der Waals surface area (Å²) in [6.45, 7) is 1.66. The summed E-state index contributed by atoms with van der Waals surface area (Å²) >= 11 is 0.810. The monoisotopic (exact) mass is 475 g/mol. The Morgan fingerprint density at radius 1 is 0.944 bits per heavy atom. The Kier molecular flexibility index (Phi) is 4.52. The van der Waals surface area contributed by atoms with Crippen LogP contribution in [-0.2, 0) is 0 Å². The molecule has 0 atom stereocenters. The fourth-order valence-corrected chi connectivity index (χ4v) is 4.13. The molecular formula is C13H8F3I2-. The van der Waals surface area contributed by atoms with Crippen LogP contribution < -0.4 is 21.2 Å². The van der Waals surface area contributed by atoms with Gasteiger partial charge in [0.2, 0.25) is 0 Å². The van der Waals surface area contributed by atoms with Crippen LogP contribution in [-0.4, -0.2) is 0 Å². The van der Waals surface area contributed by atoms with Crippen LogP contribution in [0.4, 0.5) is 13.2 Å². The maximum atomic E-state index is 13.7. The summed E-state index contributed by atoms with van der Waals surface area (Å²) in [4.78, 5) is 0. The van der Waals surface area contributed by atoms with Gasteiger partial charge in [-0.25, -0.2) is 0 Å². The van der Waals surface area contributed by atoms with E-state index in [1.54, 1.807) is 19.1 Å². The van der Waals surface area contributed by atoms with Crippen LogP contribution in [0, 0.1) is 35.1 Å². The number of halogens is 5. The van der Waals surface area contributed by atoms with Crippen molar-refractivity contribution in [3.63, 3.8) is 0 Å². The second-order valence-corrected chi connectivity index (χ2v) is 7.78. The zero-order valence-electron chi connectivity index (χ0n) is 9.28. The van der Waals surface area contributed by atoms with Gasteiger partial charge in [0.25, 0.3) is 0 Å². The Morgan fingerprint density at radius 2 is 1.56 bits per heavy atom. The third kappa shape index (κ3) is 3.17. The van der Waals surface area contributed by atoms with E-state index in [9.17, 15) is 13.2 Å². The summed E-state index contributed by atoms with van der Waals surface area (Å²) in [5.41, 5.74) is 0.534. The Hall–Kier alpha value is -0.310. The van der Waals surface area contributed by atoms with Gasteiger partial charge in [0.1, 0.15) is 0 Å². The normalized spacial score (nSPS) is 10.9. The number of aryl methyl sites for hydroxylation is 1. The fraction of sp³-hybridized carbons (Fsp3) is 0.0769. The van der Waals surface area contributed by atoms with Crippen molar-refractivity contribution in [1.29, 1.82) is 0 Å². The molecule has 0 nitrogen and oxygen atoms in total. The van der Waals surface area contributed by atoms with Crippen LogP contribution in [0.25, 0.3) is 0 Å². The van der Waals surface area contributed by atoms with Gasteiger partial charge in [-0.05, 0) is 0 Å². The van der Waals surface area contributed by atoms with Gasteiger partial charge in [-0.1, -0.05) is 0 Å². The predicted molar refractivity (Wildman–Crippen MR) is 67.6 cm³/mol. The quantitative estimate of drug-likeness (QED) is 0.348. The molecule has 0 radical (unpaired) electrons. The SMILES string of the molecule is Cc1ccc([I-]c2c(F)cc(I)cc2F)cc1F. The first-order valence-electron chi connectivity index (χ1n) is 5.03.